The van der Waals surface area contributed by atoms with Crippen molar-refractivity contribution in [1.82, 2.24) is 4.90 Å². The minimum absolute atomic E-state index is 0.0934. The number of hydrogen-bond donors (Lipinski definition) is 1. The maximum absolute atomic E-state index is 13.3. The molecule has 1 heterocycles. The Balaban J connectivity index is 1.81. The lowest BCUT2D eigenvalue weighted by Crippen LogP contribution is -2.42. The summed E-state index contributed by atoms with van der Waals surface area (Å²) in [6.45, 7) is 0.446. The summed E-state index contributed by atoms with van der Waals surface area (Å²) in [7, 11) is 1.55. The number of ether oxygens (including phenoxy) is 1. The van der Waals surface area contributed by atoms with Crippen LogP contribution < -0.4 is 4.74 Å². The monoisotopic (exact) mass is 415 g/mol. The molecule has 0 aliphatic carbocycles. The lowest BCUT2D eigenvalue weighted by molar-refractivity contribution is -0.145. The smallest absolute Gasteiger partial charge is 0.317 e. The molecule has 1 saturated heterocycles. The molecule has 158 valence electrons. The predicted molar refractivity (Wildman–Crippen MR) is 118 cm³/mol. The molecule has 0 radical (unpaired) electrons. The van der Waals surface area contributed by atoms with Crippen molar-refractivity contribution in [2.45, 2.75) is 24.3 Å². The molecule has 2 unspecified atom stereocenters. The molecule has 31 heavy (non-hydrogen) atoms. The molecule has 1 amide bonds. The molecule has 1 aliphatic heterocycles. The van der Waals surface area contributed by atoms with Crippen molar-refractivity contribution in [3.8, 4) is 5.75 Å². The van der Waals surface area contributed by atoms with Crippen molar-refractivity contribution in [2.75, 3.05) is 13.7 Å². The SMILES string of the molecule is COc1cccc(C2(C(=O)O)CC(=O)N(CCc3ccccc3)C2c2ccccc2)c1. The molecule has 0 bridgehead atoms. The maximum atomic E-state index is 13.3. The van der Waals surface area contributed by atoms with Crippen molar-refractivity contribution in [3.63, 3.8) is 0 Å². The Hall–Kier alpha value is -3.60. The number of carboxylic acids is 1. The number of amides is 1. The van der Waals surface area contributed by atoms with Crippen molar-refractivity contribution in [2.24, 2.45) is 0 Å². The van der Waals surface area contributed by atoms with Crippen LogP contribution >= 0.6 is 0 Å². The molecule has 0 saturated carbocycles. The van der Waals surface area contributed by atoms with E-state index in [2.05, 4.69) is 0 Å². The third-order valence-electron chi connectivity index (χ3n) is 6.09. The third kappa shape index (κ3) is 3.79. The van der Waals surface area contributed by atoms with Crippen molar-refractivity contribution >= 4 is 11.9 Å². The van der Waals surface area contributed by atoms with Gasteiger partial charge in [-0.05, 0) is 35.2 Å². The number of aliphatic carboxylic acids is 1. The van der Waals surface area contributed by atoms with Gasteiger partial charge in [-0.25, -0.2) is 0 Å². The average molecular weight is 415 g/mol. The number of hydrogen-bond acceptors (Lipinski definition) is 3. The van der Waals surface area contributed by atoms with E-state index in [1.807, 2.05) is 60.7 Å². The molecule has 1 aliphatic rings. The van der Waals surface area contributed by atoms with E-state index in [-0.39, 0.29) is 12.3 Å². The fourth-order valence-corrected chi connectivity index (χ4v) is 4.57. The normalized spacial score (nSPS) is 20.6. The first-order valence-corrected chi connectivity index (χ1v) is 10.3. The number of nitrogens with zero attached hydrogens (tertiary/aromatic N) is 1. The molecular weight excluding hydrogens is 390 g/mol. The summed E-state index contributed by atoms with van der Waals surface area (Å²) in [5, 5.41) is 10.5. The lowest BCUT2D eigenvalue weighted by atomic mass is 9.71. The zero-order valence-electron chi connectivity index (χ0n) is 17.4. The summed E-state index contributed by atoms with van der Waals surface area (Å²) >= 11 is 0. The van der Waals surface area contributed by atoms with Crippen molar-refractivity contribution in [1.29, 1.82) is 0 Å². The lowest BCUT2D eigenvalue weighted by Gasteiger charge is -2.35. The van der Waals surface area contributed by atoms with E-state index in [9.17, 15) is 14.7 Å². The molecule has 5 nitrogen and oxygen atoms in total. The number of rotatable bonds is 7. The van der Waals surface area contributed by atoms with Gasteiger partial charge in [-0.3, -0.25) is 9.59 Å². The van der Waals surface area contributed by atoms with Gasteiger partial charge in [-0.15, -0.1) is 0 Å². The first-order chi connectivity index (χ1) is 15.1. The Morgan fingerprint density at radius 3 is 2.35 bits per heavy atom. The number of methoxy groups -OCH3 is 1. The van der Waals surface area contributed by atoms with Crippen LogP contribution in [-0.4, -0.2) is 35.5 Å². The Morgan fingerprint density at radius 2 is 1.71 bits per heavy atom. The highest BCUT2D eigenvalue weighted by Crippen LogP contribution is 2.50. The van der Waals surface area contributed by atoms with Gasteiger partial charge in [0.15, 0.2) is 0 Å². The zero-order chi connectivity index (χ0) is 21.8. The Labute approximate surface area is 181 Å². The average Bonchev–Trinajstić information content (AvgIpc) is 3.12. The summed E-state index contributed by atoms with van der Waals surface area (Å²) in [6.07, 6.45) is 0.563. The fourth-order valence-electron chi connectivity index (χ4n) is 4.57. The van der Waals surface area contributed by atoms with E-state index in [0.29, 0.717) is 24.3 Å². The number of carbonyl (C=O) groups is 2. The molecular formula is C26H25NO4. The van der Waals surface area contributed by atoms with Gasteiger partial charge in [-0.2, -0.15) is 0 Å². The molecule has 4 rings (SSSR count). The molecule has 1 N–H and O–H groups in total. The first kappa shape index (κ1) is 20.7. The largest absolute Gasteiger partial charge is 0.497 e. The summed E-state index contributed by atoms with van der Waals surface area (Å²) in [5.41, 5.74) is 1.09. The second-order valence-electron chi connectivity index (χ2n) is 7.82. The van der Waals surface area contributed by atoms with E-state index in [1.54, 1.807) is 36.3 Å². The fraction of sp³-hybridized carbons (Fsp3) is 0.231. The Bertz CT molecular complexity index is 1070. The molecule has 0 aromatic heterocycles. The van der Waals surface area contributed by atoms with E-state index < -0.39 is 17.4 Å². The van der Waals surface area contributed by atoms with Crippen LogP contribution in [0, 0.1) is 0 Å². The maximum Gasteiger partial charge on any atom is 0.317 e. The van der Waals surface area contributed by atoms with Crippen LogP contribution in [0.5, 0.6) is 5.75 Å². The topological polar surface area (TPSA) is 66.8 Å². The number of carboxylic acid groups (broad SMARTS) is 1. The van der Waals surface area contributed by atoms with E-state index in [4.69, 9.17) is 4.74 Å². The van der Waals surface area contributed by atoms with Crippen LogP contribution in [0.25, 0.3) is 0 Å². The molecule has 5 heteroatoms. The van der Waals surface area contributed by atoms with Crippen molar-refractivity contribution < 1.29 is 19.4 Å². The van der Waals surface area contributed by atoms with Crippen LogP contribution in [0.3, 0.4) is 0 Å². The van der Waals surface area contributed by atoms with E-state index >= 15 is 0 Å². The van der Waals surface area contributed by atoms with Gasteiger partial charge in [0.05, 0.1) is 13.2 Å². The molecule has 3 aromatic rings. The zero-order valence-corrected chi connectivity index (χ0v) is 17.4. The van der Waals surface area contributed by atoms with Gasteiger partial charge in [0.25, 0.3) is 0 Å². The van der Waals surface area contributed by atoms with Crippen LogP contribution in [0.15, 0.2) is 84.9 Å². The van der Waals surface area contributed by atoms with Crippen LogP contribution in [0.4, 0.5) is 0 Å². The molecule has 0 spiro atoms. The first-order valence-electron chi connectivity index (χ1n) is 10.3. The van der Waals surface area contributed by atoms with Gasteiger partial charge in [-0.1, -0.05) is 72.8 Å². The highest BCUT2D eigenvalue weighted by atomic mass is 16.5. The Kier molecular flexibility index (Phi) is 5.76. The van der Waals surface area contributed by atoms with Gasteiger partial charge in [0.1, 0.15) is 11.2 Å². The second-order valence-corrected chi connectivity index (χ2v) is 7.82. The van der Waals surface area contributed by atoms with Crippen LogP contribution in [0.2, 0.25) is 0 Å². The Morgan fingerprint density at radius 1 is 1.03 bits per heavy atom. The predicted octanol–water partition coefficient (Wildman–Crippen LogP) is 4.23. The third-order valence-corrected chi connectivity index (χ3v) is 6.09. The summed E-state index contributed by atoms with van der Waals surface area (Å²) < 4.78 is 5.35. The number of benzene rings is 3. The van der Waals surface area contributed by atoms with Crippen LogP contribution in [0.1, 0.15) is 29.2 Å². The number of carbonyl (C=O) groups excluding carboxylic acids is 1. The van der Waals surface area contributed by atoms with Crippen molar-refractivity contribution in [3.05, 3.63) is 102 Å². The summed E-state index contributed by atoms with van der Waals surface area (Å²) in [4.78, 5) is 27.8. The standard InChI is InChI=1S/C26H25NO4/c1-31-22-14-8-13-21(17-22)26(25(29)30)18-23(28)27(16-15-19-9-4-2-5-10-19)24(26)20-11-6-3-7-12-20/h2-14,17,24H,15-16,18H2,1H3,(H,29,30). The quantitative estimate of drug-likeness (QED) is 0.627. The number of likely N-dealkylation sites (tertiary alicyclic amines) is 1. The summed E-state index contributed by atoms with van der Waals surface area (Å²) in [5.74, 6) is -0.597. The van der Waals surface area contributed by atoms with Crippen LogP contribution in [-0.2, 0) is 21.4 Å². The highest BCUT2D eigenvalue weighted by molar-refractivity contribution is 5.95. The summed E-state index contributed by atoms with van der Waals surface area (Å²) in [6, 6.07) is 25.8. The van der Waals surface area contributed by atoms with Gasteiger partial charge >= 0.3 is 5.97 Å². The minimum Gasteiger partial charge on any atom is -0.497 e. The minimum atomic E-state index is -1.40. The van der Waals surface area contributed by atoms with E-state index in [1.165, 1.54) is 0 Å². The second kappa shape index (κ2) is 8.64. The highest BCUT2D eigenvalue weighted by Gasteiger charge is 2.58. The van der Waals surface area contributed by atoms with Gasteiger partial charge in [0, 0.05) is 13.0 Å². The molecule has 1 fully saturated rings. The van der Waals surface area contributed by atoms with Gasteiger partial charge < -0.3 is 14.7 Å². The molecule has 3 aromatic carbocycles. The van der Waals surface area contributed by atoms with Gasteiger partial charge in [0.2, 0.25) is 5.91 Å². The molecule has 2 atom stereocenters. The van der Waals surface area contributed by atoms with E-state index in [0.717, 1.165) is 11.1 Å².